The summed E-state index contributed by atoms with van der Waals surface area (Å²) < 4.78 is 35.8. The summed E-state index contributed by atoms with van der Waals surface area (Å²) >= 11 is 1.03. The molecule has 1 aliphatic heterocycles. The molecule has 120 valence electrons. The van der Waals surface area contributed by atoms with Gasteiger partial charge in [0.2, 0.25) is 10.0 Å². The van der Waals surface area contributed by atoms with Gasteiger partial charge in [0.05, 0.1) is 37.9 Å². The van der Waals surface area contributed by atoms with E-state index in [-0.39, 0.29) is 4.90 Å². The molecule has 1 saturated heterocycles. The summed E-state index contributed by atoms with van der Waals surface area (Å²) in [7, 11) is -3.53. The molecule has 0 aliphatic carbocycles. The number of aromatic nitrogens is 2. The first kappa shape index (κ1) is 15.8. The van der Waals surface area contributed by atoms with E-state index in [9.17, 15) is 8.42 Å². The fourth-order valence-electron chi connectivity index (χ4n) is 2.86. The molecule has 0 saturated carbocycles. The van der Waals surface area contributed by atoms with Gasteiger partial charge < -0.3 is 4.90 Å². The topological polar surface area (TPSA) is 76.4 Å². The van der Waals surface area contributed by atoms with Crippen LogP contribution in [0.25, 0.3) is 11.0 Å². The number of hydrogen-bond acceptors (Lipinski definition) is 5. The van der Waals surface area contributed by atoms with E-state index in [1.54, 1.807) is 18.2 Å². The van der Waals surface area contributed by atoms with Gasteiger partial charge in [-0.1, -0.05) is 13.0 Å². The molecule has 0 spiro atoms. The number of nitrogens with one attached hydrogen (secondary N) is 2. The highest BCUT2D eigenvalue weighted by atomic mass is 32.2. The molecule has 1 aromatic carbocycles. The zero-order valence-corrected chi connectivity index (χ0v) is 14.2. The zero-order chi connectivity index (χ0) is 15.6. The minimum Gasteiger partial charge on any atom is -0.334 e. The smallest absolute Gasteiger partial charge is 0.243 e. The number of nitrogens with zero attached hydrogens (tertiary/aromatic N) is 2. The first-order valence-electron chi connectivity index (χ1n) is 7.61. The lowest BCUT2D eigenvalue weighted by molar-refractivity contribution is -0.904. The van der Waals surface area contributed by atoms with Crippen molar-refractivity contribution in [3.63, 3.8) is 0 Å². The second-order valence-corrected chi connectivity index (χ2v) is 8.23. The molecular formula is C14H21N4O2S2+. The van der Waals surface area contributed by atoms with Crippen LogP contribution in [0.4, 0.5) is 0 Å². The summed E-state index contributed by atoms with van der Waals surface area (Å²) in [5, 5.41) is 0. The molecule has 0 radical (unpaired) electrons. The van der Waals surface area contributed by atoms with E-state index in [4.69, 9.17) is 0 Å². The van der Waals surface area contributed by atoms with Crippen LogP contribution in [0, 0.1) is 5.92 Å². The highest BCUT2D eigenvalue weighted by Gasteiger charge is 2.22. The van der Waals surface area contributed by atoms with Gasteiger partial charge in [-0.2, -0.15) is 8.75 Å². The Balaban J connectivity index is 1.63. The monoisotopic (exact) mass is 341 g/mol. The molecule has 0 atom stereocenters. The zero-order valence-electron chi connectivity index (χ0n) is 12.6. The maximum absolute atomic E-state index is 12.5. The van der Waals surface area contributed by atoms with E-state index in [1.165, 1.54) is 17.7 Å². The van der Waals surface area contributed by atoms with E-state index >= 15 is 0 Å². The second kappa shape index (κ2) is 6.57. The van der Waals surface area contributed by atoms with Crippen molar-refractivity contribution in [2.75, 3.05) is 26.2 Å². The van der Waals surface area contributed by atoms with Crippen LogP contribution in [0.1, 0.15) is 19.8 Å². The van der Waals surface area contributed by atoms with Crippen LogP contribution < -0.4 is 9.62 Å². The molecule has 0 bridgehead atoms. The Kier molecular flexibility index (Phi) is 4.72. The largest absolute Gasteiger partial charge is 0.334 e. The second-order valence-electron chi connectivity index (χ2n) is 5.97. The Labute approximate surface area is 134 Å². The molecule has 6 nitrogen and oxygen atoms in total. The number of sulfonamides is 1. The third-order valence-electron chi connectivity index (χ3n) is 4.29. The Hall–Kier alpha value is -1.09. The van der Waals surface area contributed by atoms with Gasteiger partial charge in [-0.15, -0.1) is 0 Å². The van der Waals surface area contributed by atoms with Gasteiger partial charge in [-0.25, -0.2) is 13.1 Å². The molecule has 0 unspecified atom stereocenters. The van der Waals surface area contributed by atoms with E-state index in [1.807, 2.05) is 0 Å². The molecule has 1 fully saturated rings. The van der Waals surface area contributed by atoms with Crippen molar-refractivity contribution < 1.29 is 13.3 Å². The summed E-state index contributed by atoms with van der Waals surface area (Å²) in [5.41, 5.74) is 1.09. The highest BCUT2D eigenvalue weighted by molar-refractivity contribution is 7.89. The summed E-state index contributed by atoms with van der Waals surface area (Å²) in [6.45, 7) is 5.84. The standard InChI is InChI=1S/C14H20N4O2S2/c1-11-5-8-18(9-6-11)10-7-15-22(19,20)13-4-2-3-12-14(13)17-21-16-12/h2-4,11,15H,5-10H2,1H3/p+1. The Morgan fingerprint density at radius 1 is 1.32 bits per heavy atom. The molecule has 2 heterocycles. The van der Waals surface area contributed by atoms with Crippen molar-refractivity contribution in [3.8, 4) is 0 Å². The predicted octanol–water partition coefficient (Wildman–Crippen LogP) is 0.284. The quantitative estimate of drug-likeness (QED) is 0.819. The van der Waals surface area contributed by atoms with E-state index in [2.05, 4.69) is 20.4 Å². The number of quaternary nitrogens is 1. The molecule has 1 aromatic heterocycles. The number of likely N-dealkylation sites (tertiary alicyclic amines) is 1. The molecule has 2 N–H and O–H groups in total. The lowest BCUT2D eigenvalue weighted by Crippen LogP contribution is -3.13. The van der Waals surface area contributed by atoms with Crippen LogP contribution in [0.3, 0.4) is 0 Å². The van der Waals surface area contributed by atoms with E-state index < -0.39 is 10.0 Å². The molecule has 3 rings (SSSR count). The van der Waals surface area contributed by atoms with E-state index in [0.717, 1.165) is 37.3 Å². The summed E-state index contributed by atoms with van der Waals surface area (Å²) in [6.07, 6.45) is 2.46. The minimum absolute atomic E-state index is 0.223. The molecule has 8 heteroatoms. The lowest BCUT2D eigenvalue weighted by atomic mass is 9.99. The minimum atomic E-state index is -3.53. The number of fused-ring (bicyclic) bond motifs is 1. The van der Waals surface area contributed by atoms with Gasteiger partial charge in [0.1, 0.15) is 15.9 Å². The van der Waals surface area contributed by atoms with Gasteiger partial charge in [0.15, 0.2) is 0 Å². The van der Waals surface area contributed by atoms with Crippen molar-refractivity contribution in [2.45, 2.75) is 24.7 Å². The first-order valence-corrected chi connectivity index (χ1v) is 9.82. The van der Waals surface area contributed by atoms with Gasteiger partial charge in [0.25, 0.3) is 0 Å². The lowest BCUT2D eigenvalue weighted by Gasteiger charge is -2.27. The van der Waals surface area contributed by atoms with Crippen LogP contribution in [-0.2, 0) is 10.0 Å². The van der Waals surface area contributed by atoms with Gasteiger partial charge in [0, 0.05) is 0 Å². The number of piperidine rings is 1. The molecule has 22 heavy (non-hydrogen) atoms. The Morgan fingerprint density at radius 2 is 2.09 bits per heavy atom. The normalized spacial score (nSPS) is 23.0. The maximum Gasteiger partial charge on any atom is 0.243 e. The van der Waals surface area contributed by atoms with Gasteiger partial charge >= 0.3 is 0 Å². The molecule has 2 aromatic rings. The predicted molar refractivity (Wildman–Crippen MR) is 86.6 cm³/mol. The van der Waals surface area contributed by atoms with Crippen LogP contribution in [0.2, 0.25) is 0 Å². The number of benzene rings is 1. The van der Waals surface area contributed by atoms with Crippen LogP contribution >= 0.6 is 11.7 Å². The summed E-state index contributed by atoms with van der Waals surface area (Å²) in [6, 6.07) is 5.06. The fraction of sp³-hybridized carbons (Fsp3) is 0.571. The Bertz CT molecular complexity index is 736. The van der Waals surface area contributed by atoms with Crippen molar-refractivity contribution in [1.82, 2.24) is 13.5 Å². The van der Waals surface area contributed by atoms with Gasteiger partial charge in [-0.3, -0.25) is 0 Å². The van der Waals surface area contributed by atoms with Gasteiger partial charge in [-0.05, 0) is 30.9 Å². The third-order valence-corrected chi connectivity index (χ3v) is 6.33. The van der Waals surface area contributed by atoms with Crippen molar-refractivity contribution in [2.24, 2.45) is 5.92 Å². The number of rotatable bonds is 5. The van der Waals surface area contributed by atoms with Crippen LogP contribution in [0.5, 0.6) is 0 Å². The van der Waals surface area contributed by atoms with Crippen LogP contribution in [-0.4, -0.2) is 43.3 Å². The van der Waals surface area contributed by atoms with Crippen molar-refractivity contribution in [3.05, 3.63) is 18.2 Å². The SMILES string of the molecule is CC1CC[NH+](CCNS(=O)(=O)c2cccc3nsnc23)CC1. The third kappa shape index (κ3) is 3.45. The van der Waals surface area contributed by atoms with Crippen molar-refractivity contribution >= 4 is 32.8 Å². The fourth-order valence-corrected chi connectivity index (χ4v) is 4.65. The maximum atomic E-state index is 12.5. The Morgan fingerprint density at radius 3 is 2.86 bits per heavy atom. The van der Waals surface area contributed by atoms with E-state index in [0.29, 0.717) is 17.6 Å². The van der Waals surface area contributed by atoms with Crippen LogP contribution in [0.15, 0.2) is 23.1 Å². The van der Waals surface area contributed by atoms with Crippen molar-refractivity contribution in [1.29, 1.82) is 0 Å². The molecular weight excluding hydrogens is 320 g/mol. The molecule has 0 amide bonds. The average Bonchev–Trinajstić information content (AvgIpc) is 2.97. The first-order chi connectivity index (χ1) is 10.6. The highest BCUT2D eigenvalue weighted by Crippen LogP contribution is 2.20. The summed E-state index contributed by atoms with van der Waals surface area (Å²) in [5.74, 6) is 0.801. The summed E-state index contributed by atoms with van der Waals surface area (Å²) in [4.78, 5) is 1.70. The average molecular weight is 341 g/mol. The number of hydrogen-bond donors (Lipinski definition) is 2. The molecule has 1 aliphatic rings.